The molecule has 0 bridgehead atoms. The van der Waals surface area contributed by atoms with Crippen LogP contribution in [0.15, 0.2) is 48.5 Å². The van der Waals surface area contributed by atoms with Crippen molar-refractivity contribution in [3.8, 4) is 11.4 Å². The number of hydrogen-bond acceptors (Lipinski definition) is 9. The van der Waals surface area contributed by atoms with Crippen molar-refractivity contribution in [2.75, 3.05) is 60.2 Å². The number of halogens is 1. The predicted molar refractivity (Wildman–Crippen MR) is 153 cm³/mol. The lowest BCUT2D eigenvalue weighted by Gasteiger charge is -2.40. The standard InChI is InChI=1S/C28H33FN8O4/c1-28(2,3)41-27(39)37-16-22(17-37)30-24-33-23(34-25(35-24)36-12-14-40-15-13-36)18-4-8-20(9-5-18)31-26(38)32-21-10-6-19(29)7-11-21/h4-11,22H,12-17H2,1-3H3,(H2,31,32,38)(H,30,33,34,35). The molecule has 3 amide bonds. The molecule has 0 spiro atoms. The lowest BCUT2D eigenvalue weighted by Crippen LogP contribution is -2.58. The fourth-order valence-electron chi connectivity index (χ4n) is 4.22. The van der Waals surface area contributed by atoms with Gasteiger partial charge in [-0.15, -0.1) is 0 Å². The van der Waals surface area contributed by atoms with E-state index < -0.39 is 11.6 Å². The summed E-state index contributed by atoms with van der Waals surface area (Å²) in [5.74, 6) is 1.03. The van der Waals surface area contributed by atoms with Crippen molar-refractivity contribution in [2.24, 2.45) is 0 Å². The van der Waals surface area contributed by atoms with Crippen LogP contribution in [-0.4, -0.2) is 83.0 Å². The molecule has 1 aromatic heterocycles. The zero-order chi connectivity index (χ0) is 29.0. The van der Waals surface area contributed by atoms with Crippen LogP contribution in [0.3, 0.4) is 0 Å². The quantitative estimate of drug-likeness (QED) is 0.403. The van der Waals surface area contributed by atoms with Crippen molar-refractivity contribution < 1.29 is 23.5 Å². The summed E-state index contributed by atoms with van der Waals surface area (Å²) in [4.78, 5) is 42.3. The monoisotopic (exact) mass is 564 g/mol. The molecule has 0 aliphatic carbocycles. The van der Waals surface area contributed by atoms with E-state index in [-0.39, 0.29) is 18.0 Å². The number of rotatable bonds is 6. The highest BCUT2D eigenvalue weighted by Gasteiger charge is 2.34. The Morgan fingerprint density at radius 2 is 1.54 bits per heavy atom. The lowest BCUT2D eigenvalue weighted by atomic mass is 10.1. The molecule has 216 valence electrons. The molecule has 3 N–H and O–H groups in total. The van der Waals surface area contributed by atoms with Gasteiger partial charge < -0.3 is 35.2 Å². The second-order valence-electron chi connectivity index (χ2n) is 10.8. The van der Waals surface area contributed by atoms with Crippen LogP contribution in [0.2, 0.25) is 0 Å². The van der Waals surface area contributed by atoms with Crippen LogP contribution in [0.4, 0.5) is 37.3 Å². The predicted octanol–water partition coefficient (Wildman–Crippen LogP) is 4.19. The van der Waals surface area contributed by atoms with Crippen molar-refractivity contribution in [1.82, 2.24) is 19.9 Å². The smallest absolute Gasteiger partial charge is 0.410 e. The molecule has 3 aromatic rings. The van der Waals surface area contributed by atoms with E-state index in [2.05, 4.69) is 25.9 Å². The van der Waals surface area contributed by atoms with Crippen LogP contribution in [0.1, 0.15) is 20.8 Å². The third kappa shape index (κ3) is 7.57. The second-order valence-corrected chi connectivity index (χ2v) is 10.8. The average Bonchev–Trinajstić information content (AvgIpc) is 2.91. The molecule has 2 saturated heterocycles. The van der Waals surface area contributed by atoms with Gasteiger partial charge in [-0.2, -0.15) is 15.0 Å². The first-order valence-corrected chi connectivity index (χ1v) is 13.4. The van der Waals surface area contributed by atoms with E-state index in [9.17, 15) is 14.0 Å². The Morgan fingerprint density at radius 3 is 2.15 bits per heavy atom. The van der Waals surface area contributed by atoms with Crippen LogP contribution in [0.5, 0.6) is 0 Å². The number of likely N-dealkylation sites (tertiary alicyclic amines) is 1. The number of amides is 3. The van der Waals surface area contributed by atoms with Crippen molar-refractivity contribution in [3.05, 3.63) is 54.3 Å². The second kappa shape index (κ2) is 11.9. The van der Waals surface area contributed by atoms with Gasteiger partial charge in [-0.05, 0) is 69.3 Å². The molecule has 2 aromatic carbocycles. The number of aromatic nitrogens is 3. The van der Waals surface area contributed by atoms with Crippen LogP contribution in [0, 0.1) is 5.82 Å². The number of anilines is 4. The summed E-state index contributed by atoms with van der Waals surface area (Å²) in [6.45, 7) is 8.94. The molecular weight excluding hydrogens is 531 g/mol. The highest BCUT2D eigenvalue weighted by atomic mass is 19.1. The topological polar surface area (TPSA) is 134 Å². The number of nitrogens with one attached hydrogen (secondary N) is 3. The SMILES string of the molecule is CC(C)(C)OC(=O)N1CC(Nc2nc(-c3ccc(NC(=O)Nc4ccc(F)cc4)cc3)nc(N3CCOCC3)n2)C1. The van der Waals surface area contributed by atoms with Gasteiger partial charge in [0.15, 0.2) is 5.82 Å². The summed E-state index contributed by atoms with van der Waals surface area (Å²) < 4.78 is 24.0. The van der Waals surface area contributed by atoms with E-state index in [1.807, 2.05) is 37.8 Å². The molecule has 0 saturated carbocycles. The van der Waals surface area contributed by atoms with E-state index in [1.165, 1.54) is 24.3 Å². The first-order chi connectivity index (χ1) is 19.6. The zero-order valence-electron chi connectivity index (χ0n) is 23.2. The maximum Gasteiger partial charge on any atom is 0.410 e. The van der Waals surface area contributed by atoms with Crippen LogP contribution >= 0.6 is 0 Å². The first-order valence-electron chi connectivity index (χ1n) is 13.4. The van der Waals surface area contributed by atoms with Gasteiger partial charge in [-0.1, -0.05) is 0 Å². The van der Waals surface area contributed by atoms with Gasteiger partial charge in [0.25, 0.3) is 0 Å². The van der Waals surface area contributed by atoms with Gasteiger partial charge in [-0.3, -0.25) is 0 Å². The van der Waals surface area contributed by atoms with Crippen LogP contribution in [-0.2, 0) is 9.47 Å². The Balaban J connectivity index is 1.27. The third-order valence-corrected chi connectivity index (χ3v) is 6.29. The summed E-state index contributed by atoms with van der Waals surface area (Å²) in [5, 5.41) is 8.73. The highest BCUT2D eigenvalue weighted by Crippen LogP contribution is 2.24. The molecule has 0 radical (unpaired) electrons. The van der Waals surface area contributed by atoms with Gasteiger partial charge >= 0.3 is 12.1 Å². The molecule has 0 unspecified atom stereocenters. The molecule has 3 heterocycles. The van der Waals surface area contributed by atoms with Crippen molar-refractivity contribution in [3.63, 3.8) is 0 Å². The number of benzene rings is 2. The van der Waals surface area contributed by atoms with E-state index in [4.69, 9.17) is 14.5 Å². The number of carbonyl (C=O) groups excluding carboxylic acids is 2. The van der Waals surface area contributed by atoms with Crippen LogP contribution in [0.25, 0.3) is 11.4 Å². The molecule has 13 heteroatoms. The number of carbonyl (C=O) groups is 2. The lowest BCUT2D eigenvalue weighted by molar-refractivity contribution is 0.0104. The average molecular weight is 565 g/mol. The summed E-state index contributed by atoms with van der Waals surface area (Å²) in [7, 11) is 0. The molecule has 2 aliphatic rings. The fourth-order valence-corrected chi connectivity index (χ4v) is 4.22. The normalized spacial score (nSPS) is 15.6. The van der Waals surface area contributed by atoms with E-state index in [0.717, 1.165) is 5.56 Å². The summed E-state index contributed by atoms with van der Waals surface area (Å²) >= 11 is 0. The zero-order valence-corrected chi connectivity index (χ0v) is 23.2. The maximum absolute atomic E-state index is 13.1. The van der Waals surface area contributed by atoms with Crippen molar-refractivity contribution in [1.29, 1.82) is 0 Å². The van der Waals surface area contributed by atoms with Crippen molar-refractivity contribution >= 4 is 35.4 Å². The van der Waals surface area contributed by atoms with E-state index in [1.54, 1.807) is 17.0 Å². The Morgan fingerprint density at radius 1 is 0.927 bits per heavy atom. The van der Waals surface area contributed by atoms with E-state index in [0.29, 0.717) is 68.5 Å². The Kier molecular flexibility index (Phi) is 8.15. The maximum atomic E-state index is 13.1. The molecule has 5 rings (SSSR count). The minimum Gasteiger partial charge on any atom is -0.444 e. The number of ether oxygens (including phenoxy) is 2. The summed E-state index contributed by atoms with van der Waals surface area (Å²) in [5.41, 5.74) is 1.22. The van der Waals surface area contributed by atoms with Crippen molar-refractivity contribution in [2.45, 2.75) is 32.4 Å². The highest BCUT2D eigenvalue weighted by molar-refractivity contribution is 5.99. The molecule has 2 aliphatic heterocycles. The molecule has 0 atom stereocenters. The van der Waals surface area contributed by atoms with Gasteiger partial charge in [0.1, 0.15) is 11.4 Å². The summed E-state index contributed by atoms with van der Waals surface area (Å²) in [6, 6.07) is 12.1. The van der Waals surface area contributed by atoms with Gasteiger partial charge in [0, 0.05) is 43.1 Å². The minimum atomic E-state index is -0.552. The number of nitrogens with zero attached hydrogens (tertiary/aromatic N) is 5. The Hall–Kier alpha value is -4.52. The fraction of sp³-hybridized carbons (Fsp3) is 0.393. The first kappa shape index (κ1) is 28.0. The molecule has 12 nitrogen and oxygen atoms in total. The summed E-state index contributed by atoms with van der Waals surface area (Å²) in [6.07, 6.45) is -0.346. The van der Waals surface area contributed by atoms with Gasteiger partial charge in [0.05, 0.1) is 19.3 Å². The molecule has 41 heavy (non-hydrogen) atoms. The number of hydrogen-bond donors (Lipinski definition) is 3. The Labute approximate surface area is 237 Å². The minimum absolute atomic E-state index is 0.0264. The molecule has 2 fully saturated rings. The van der Waals surface area contributed by atoms with Gasteiger partial charge in [-0.25, -0.2) is 14.0 Å². The third-order valence-electron chi connectivity index (χ3n) is 6.29. The molecular formula is C28H33FN8O4. The Bertz CT molecular complexity index is 1370. The number of urea groups is 1. The van der Waals surface area contributed by atoms with Gasteiger partial charge in [0.2, 0.25) is 11.9 Å². The van der Waals surface area contributed by atoms with E-state index >= 15 is 0 Å². The number of morpholine rings is 1. The largest absolute Gasteiger partial charge is 0.444 e. The van der Waals surface area contributed by atoms with Crippen LogP contribution < -0.4 is 20.9 Å².